The minimum Gasteiger partial charge on any atom is -0.435 e. The van der Waals surface area contributed by atoms with Crippen molar-refractivity contribution >= 4 is 11.9 Å². The maximum absolute atomic E-state index is 13.6. The minimum absolute atomic E-state index is 0.0241. The molecule has 2 aromatic rings. The summed E-state index contributed by atoms with van der Waals surface area (Å²) in [5.74, 6) is -3.33. The van der Waals surface area contributed by atoms with Gasteiger partial charge >= 0.3 is 47.8 Å². The quantitative estimate of drug-likeness (QED) is 0.201. The molecule has 2 aromatic carbocycles. The zero-order valence-corrected chi connectivity index (χ0v) is 27.9. The van der Waals surface area contributed by atoms with E-state index in [1.807, 2.05) is 13.8 Å². The molecule has 0 amide bonds. The Morgan fingerprint density at radius 3 is 1.02 bits per heavy atom. The van der Waals surface area contributed by atoms with E-state index in [9.17, 15) is 62.3 Å². The Labute approximate surface area is 276 Å². The van der Waals surface area contributed by atoms with Gasteiger partial charge in [-0.15, -0.1) is 0 Å². The van der Waals surface area contributed by atoms with Gasteiger partial charge in [0.15, 0.2) is 0 Å². The average molecular weight is 727 g/mol. The number of esters is 2. The van der Waals surface area contributed by atoms with Gasteiger partial charge in [0.25, 0.3) is 0 Å². The van der Waals surface area contributed by atoms with Gasteiger partial charge in [0.05, 0.1) is 5.41 Å². The molecule has 49 heavy (non-hydrogen) atoms. The maximum Gasteiger partial charge on any atom is 0.442 e. The van der Waals surface area contributed by atoms with Gasteiger partial charge in [-0.05, 0) is 56.6 Å². The fraction of sp³-hybridized carbons (Fsp3) is 0.576. The lowest BCUT2D eigenvalue weighted by molar-refractivity contribution is -0.379. The second-order valence-electron chi connectivity index (χ2n) is 12.4. The summed E-state index contributed by atoms with van der Waals surface area (Å²) in [7, 11) is 0. The van der Waals surface area contributed by atoms with Crippen LogP contribution < -0.4 is 0 Å². The molecule has 0 aromatic heterocycles. The molecule has 0 aliphatic heterocycles. The van der Waals surface area contributed by atoms with Crippen molar-refractivity contribution < 1.29 is 71.7 Å². The molecule has 0 radical (unpaired) electrons. The van der Waals surface area contributed by atoms with Crippen LogP contribution in [0.15, 0.2) is 48.5 Å². The summed E-state index contributed by atoms with van der Waals surface area (Å²) in [6.07, 6.45) is -22.1. The normalized spacial score (nSPS) is 14.7. The number of alkyl halides is 12. The first-order valence-electron chi connectivity index (χ1n) is 14.8. The number of halogens is 12. The molecule has 0 bridgehead atoms. The van der Waals surface area contributed by atoms with Crippen molar-refractivity contribution in [1.82, 2.24) is 0 Å². The van der Waals surface area contributed by atoms with Crippen molar-refractivity contribution in [3.63, 3.8) is 0 Å². The lowest BCUT2D eigenvalue weighted by Crippen LogP contribution is -2.57. The predicted octanol–water partition coefficient (Wildman–Crippen LogP) is 11.2. The number of rotatable bonds is 8. The van der Waals surface area contributed by atoms with E-state index in [4.69, 9.17) is 0 Å². The van der Waals surface area contributed by atoms with E-state index in [2.05, 4.69) is 9.47 Å². The van der Waals surface area contributed by atoms with Crippen molar-refractivity contribution in [3.8, 4) is 0 Å². The van der Waals surface area contributed by atoms with E-state index in [0.717, 1.165) is 12.1 Å². The first-order chi connectivity index (χ1) is 21.9. The summed E-state index contributed by atoms with van der Waals surface area (Å²) in [6.45, 7) is 11.3. The van der Waals surface area contributed by atoms with Gasteiger partial charge in [-0.2, -0.15) is 52.7 Å². The maximum atomic E-state index is 13.6. The number of carbonyl (C=O) groups is 2. The summed E-state index contributed by atoms with van der Waals surface area (Å²) < 4.78 is 169. The summed E-state index contributed by atoms with van der Waals surface area (Å²) in [5.41, 5.74) is -12.1. The van der Waals surface area contributed by atoms with E-state index in [-0.39, 0.29) is 11.8 Å². The zero-order chi connectivity index (χ0) is 38.6. The van der Waals surface area contributed by atoms with Crippen LogP contribution in [-0.2, 0) is 30.3 Å². The number of benzene rings is 2. The minimum atomic E-state index is -5.88. The molecule has 4 nitrogen and oxygen atoms in total. The van der Waals surface area contributed by atoms with E-state index < -0.39 is 64.4 Å². The van der Waals surface area contributed by atoms with Crippen LogP contribution in [0.4, 0.5) is 52.7 Å². The summed E-state index contributed by atoms with van der Waals surface area (Å²) >= 11 is 0. The molecule has 0 saturated carbocycles. The number of hydrogen-bond acceptors (Lipinski definition) is 4. The summed E-state index contributed by atoms with van der Waals surface area (Å²) in [6, 6.07) is 7.59. The van der Waals surface area contributed by atoms with E-state index >= 15 is 0 Å². The third kappa shape index (κ3) is 9.41. The number of hydrogen-bond donors (Lipinski definition) is 0. The molecule has 0 fully saturated rings. The van der Waals surface area contributed by atoms with Gasteiger partial charge in [0.2, 0.25) is 0 Å². The molecule has 0 spiro atoms. The molecule has 0 N–H and O–H groups in total. The smallest absolute Gasteiger partial charge is 0.435 e. The third-order valence-corrected chi connectivity index (χ3v) is 7.75. The van der Waals surface area contributed by atoms with Crippen LogP contribution >= 0.6 is 0 Å². The highest BCUT2D eigenvalue weighted by Crippen LogP contribution is 2.55. The lowest BCUT2D eigenvalue weighted by Gasteiger charge is -2.38. The van der Waals surface area contributed by atoms with Gasteiger partial charge < -0.3 is 9.47 Å². The molecule has 2 atom stereocenters. The van der Waals surface area contributed by atoms with Crippen molar-refractivity contribution in [2.24, 2.45) is 5.41 Å². The molecule has 0 saturated heterocycles. The van der Waals surface area contributed by atoms with Crippen molar-refractivity contribution in [2.45, 2.75) is 116 Å². The van der Waals surface area contributed by atoms with Crippen molar-refractivity contribution in [1.29, 1.82) is 0 Å². The van der Waals surface area contributed by atoms with Gasteiger partial charge in [-0.3, -0.25) is 9.59 Å². The Kier molecular flexibility index (Phi) is 13.5. The number of ether oxygens (including phenoxy) is 2. The Balaban J connectivity index is 0.000000494. The van der Waals surface area contributed by atoms with E-state index in [0.29, 0.717) is 43.0 Å². The first-order valence-corrected chi connectivity index (χ1v) is 14.8. The van der Waals surface area contributed by atoms with E-state index in [1.54, 1.807) is 13.8 Å². The van der Waals surface area contributed by atoms with Crippen LogP contribution in [0.5, 0.6) is 0 Å². The SMILES string of the molecule is CCC(C)c1ccc(C(OC(=O)C(C)(C)C)(C(F)(F)F)C(F)(F)F)cc1.CCC(C)c1ccc(C(OC(C)=O)(C(F)(F)F)C(F)(F)F)cc1. The van der Waals surface area contributed by atoms with Crippen LogP contribution in [-0.4, -0.2) is 36.6 Å². The van der Waals surface area contributed by atoms with Gasteiger partial charge in [-0.1, -0.05) is 76.2 Å². The van der Waals surface area contributed by atoms with Crippen LogP contribution in [0.3, 0.4) is 0 Å². The van der Waals surface area contributed by atoms with Crippen LogP contribution in [0.1, 0.15) is 102 Å². The average Bonchev–Trinajstić information content (AvgIpc) is 2.95. The first kappa shape index (κ1) is 43.6. The van der Waals surface area contributed by atoms with Gasteiger partial charge in [0.1, 0.15) is 0 Å². The highest BCUT2D eigenvalue weighted by atomic mass is 19.4. The standard InChI is InChI=1S/C18H22F6O2.C15H16F6O2/c1-6-11(2)12-7-9-13(10-8-12)16(17(19,20)21,18(22,23)24)26-14(25)15(3,4)5;1-4-9(2)11-5-7-12(8-6-11)13(14(16,17)18,15(19,20)21)23-10(3)22/h7-11H,6H2,1-5H3;5-9H,4H2,1-3H3. The van der Waals surface area contributed by atoms with E-state index in [1.165, 1.54) is 45.0 Å². The zero-order valence-electron chi connectivity index (χ0n) is 27.9. The molecular weight excluding hydrogens is 688 g/mol. The second-order valence-corrected chi connectivity index (χ2v) is 12.4. The Bertz CT molecular complexity index is 1350. The van der Waals surface area contributed by atoms with Crippen molar-refractivity contribution in [2.75, 3.05) is 0 Å². The summed E-state index contributed by atoms with van der Waals surface area (Å²) in [5, 5.41) is 0. The molecule has 0 aliphatic carbocycles. The molecule has 0 heterocycles. The van der Waals surface area contributed by atoms with Gasteiger partial charge in [0, 0.05) is 18.1 Å². The highest BCUT2D eigenvalue weighted by Gasteiger charge is 2.76. The van der Waals surface area contributed by atoms with Crippen LogP contribution in [0.25, 0.3) is 0 Å². The molecule has 16 heteroatoms. The van der Waals surface area contributed by atoms with Gasteiger partial charge in [-0.25, -0.2) is 0 Å². The molecule has 278 valence electrons. The Hall–Kier alpha value is -3.46. The van der Waals surface area contributed by atoms with Crippen molar-refractivity contribution in [3.05, 3.63) is 70.8 Å². The lowest BCUT2D eigenvalue weighted by atomic mass is 9.88. The third-order valence-electron chi connectivity index (χ3n) is 7.75. The van der Waals surface area contributed by atoms with Crippen LogP contribution in [0, 0.1) is 5.41 Å². The Morgan fingerprint density at radius 1 is 0.551 bits per heavy atom. The second kappa shape index (κ2) is 15.2. The fourth-order valence-electron chi connectivity index (χ4n) is 4.40. The van der Waals surface area contributed by atoms with Crippen LogP contribution in [0.2, 0.25) is 0 Å². The Morgan fingerprint density at radius 2 is 0.816 bits per heavy atom. The molecule has 0 aliphatic rings. The highest BCUT2D eigenvalue weighted by molar-refractivity contribution is 5.76. The molecular formula is C33H38F12O4. The fourth-order valence-corrected chi connectivity index (χ4v) is 4.40. The largest absolute Gasteiger partial charge is 0.442 e. The monoisotopic (exact) mass is 726 g/mol. The predicted molar refractivity (Wildman–Crippen MR) is 155 cm³/mol. The molecule has 2 unspecified atom stereocenters. The number of carbonyl (C=O) groups excluding carboxylic acids is 2. The summed E-state index contributed by atoms with van der Waals surface area (Å²) in [4.78, 5) is 22.9. The topological polar surface area (TPSA) is 52.6 Å². The molecule has 2 rings (SSSR count).